The van der Waals surface area contributed by atoms with Crippen LogP contribution in [-0.2, 0) is 6.54 Å². The van der Waals surface area contributed by atoms with Crippen molar-refractivity contribution in [2.45, 2.75) is 20.4 Å². The summed E-state index contributed by atoms with van der Waals surface area (Å²) < 4.78 is 41.0. The third-order valence-electron chi connectivity index (χ3n) is 2.74. The largest absolute Gasteiger partial charge is 0.394 e. The number of benzene rings is 1. The van der Waals surface area contributed by atoms with Gasteiger partial charge in [0.05, 0.1) is 17.1 Å². The van der Waals surface area contributed by atoms with Crippen molar-refractivity contribution in [1.82, 2.24) is 9.78 Å². The summed E-state index contributed by atoms with van der Waals surface area (Å²) in [5.74, 6) is -2.93. The lowest BCUT2D eigenvalue weighted by molar-refractivity contribution is 0.496. The lowest BCUT2D eigenvalue weighted by atomic mass is 10.2. The molecule has 0 fully saturated rings. The van der Waals surface area contributed by atoms with E-state index >= 15 is 0 Å². The topological polar surface area (TPSA) is 55.9 Å². The molecule has 1 aromatic carbocycles. The second-order valence-electron chi connectivity index (χ2n) is 4.03. The Balaban J connectivity index is 2.44. The number of aromatic nitrogens is 2. The molecule has 0 amide bonds. The Morgan fingerprint density at radius 3 is 2.47 bits per heavy atom. The molecule has 0 saturated carbocycles. The van der Waals surface area contributed by atoms with Gasteiger partial charge in [0, 0.05) is 18.7 Å². The SMILES string of the molecule is CCn1nc(C)c(N)c1Nc1cc(F)c(F)cc1F. The van der Waals surface area contributed by atoms with Gasteiger partial charge >= 0.3 is 0 Å². The molecule has 0 radical (unpaired) electrons. The lowest BCUT2D eigenvalue weighted by Gasteiger charge is -2.10. The second kappa shape index (κ2) is 4.83. The van der Waals surface area contributed by atoms with Crippen molar-refractivity contribution < 1.29 is 13.2 Å². The Bertz CT molecular complexity index is 622. The second-order valence-corrected chi connectivity index (χ2v) is 4.03. The van der Waals surface area contributed by atoms with Crippen LogP contribution in [0, 0.1) is 24.4 Å². The van der Waals surface area contributed by atoms with Crippen LogP contribution in [0.2, 0.25) is 0 Å². The molecule has 4 nitrogen and oxygen atoms in total. The third kappa shape index (κ3) is 2.35. The number of hydrogen-bond donors (Lipinski definition) is 2. The summed E-state index contributed by atoms with van der Waals surface area (Å²) in [7, 11) is 0. The molecular weight excluding hydrogens is 257 g/mol. The van der Waals surface area contributed by atoms with Gasteiger partial charge in [-0.25, -0.2) is 17.9 Å². The van der Waals surface area contributed by atoms with Crippen molar-refractivity contribution in [2.75, 3.05) is 11.1 Å². The van der Waals surface area contributed by atoms with Gasteiger partial charge < -0.3 is 11.1 Å². The summed E-state index contributed by atoms with van der Waals surface area (Å²) in [4.78, 5) is 0. The summed E-state index contributed by atoms with van der Waals surface area (Å²) in [6, 6.07) is 1.22. The summed E-state index contributed by atoms with van der Waals surface area (Å²) in [6.45, 7) is 4.04. The summed E-state index contributed by atoms with van der Waals surface area (Å²) in [6.07, 6.45) is 0. The number of hydrogen-bond acceptors (Lipinski definition) is 3. The van der Waals surface area contributed by atoms with Crippen LogP contribution < -0.4 is 11.1 Å². The molecule has 0 unspecified atom stereocenters. The minimum atomic E-state index is -1.24. The van der Waals surface area contributed by atoms with Crippen LogP contribution in [0.25, 0.3) is 0 Å². The van der Waals surface area contributed by atoms with Crippen LogP contribution in [-0.4, -0.2) is 9.78 Å². The number of anilines is 3. The number of nitrogen functional groups attached to an aromatic ring is 1. The fraction of sp³-hybridized carbons (Fsp3) is 0.250. The van der Waals surface area contributed by atoms with Gasteiger partial charge in [0.1, 0.15) is 5.82 Å². The first-order valence-electron chi connectivity index (χ1n) is 5.68. The zero-order valence-electron chi connectivity index (χ0n) is 10.5. The fourth-order valence-electron chi connectivity index (χ4n) is 1.70. The van der Waals surface area contributed by atoms with E-state index in [9.17, 15) is 13.2 Å². The number of halogens is 3. The summed E-state index contributed by atoms with van der Waals surface area (Å²) in [5, 5.41) is 6.78. The molecule has 2 rings (SSSR count). The third-order valence-corrected chi connectivity index (χ3v) is 2.74. The number of rotatable bonds is 3. The van der Waals surface area contributed by atoms with Crippen molar-refractivity contribution in [3.05, 3.63) is 35.3 Å². The number of aryl methyl sites for hydroxylation is 2. The first-order chi connectivity index (χ1) is 8.93. The van der Waals surface area contributed by atoms with E-state index in [1.807, 2.05) is 6.92 Å². The van der Waals surface area contributed by atoms with Gasteiger partial charge in [0.25, 0.3) is 0 Å². The van der Waals surface area contributed by atoms with Crippen molar-refractivity contribution in [2.24, 2.45) is 0 Å². The molecule has 0 bridgehead atoms. The van der Waals surface area contributed by atoms with Crippen LogP contribution >= 0.6 is 0 Å². The Morgan fingerprint density at radius 1 is 1.21 bits per heavy atom. The molecule has 0 aliphatic heterocycles. The first kappa shape index (κ1) is 13.3. The summed E-state index contributed by atoms with van der Waals surface area (Å²) in [5.41, 5.74) is 6.53. The maximum absolute atomic E-state index is 13.6. The zero-order valence-corrected chi connectivity index (χ0v) is 10.5. The molecular formula is C12H13F3N4. The van der Waals surface area contributed by atoms with Crippen LogP contribution in [0.4, 0.5) is 30.4 Å². The van der Waals surface area contributed by atoms with Gasteiger partial charge in [-0.2, -0.15) is 5.10 Å². The molecule has 1 aromatic heterocycles. The molecule has 19 heavy (non-hydrogen) atoms. The van der Waals surface area contributed by atoms with Crippen LogP contribution in [0.3, 0.4) is 0 Å². The minimum Gasteiger partial charge on any atom is -0.394 e. The Kier molecular flexibility index (Phi) is 3.37. The van der Waals surface area contributed by atoms with E-state index < -0.39 is 17.5 Å². The van der Waals surface area contributed by atoms with E-state index in [-0.39, 0.29) is 5.69 Å². The van der Waals surface area contributed by atoms with E-state index in [4.69, 9.17) is 5.73 Å². The molecule has 0 saturated heterocycles. The average molecular weight is 270 g/mol. The Hall–Kier alpha value is -2.18. The molecule has 0 spiro atoms. The quantitative estimate of drug-likeness (QED) is 0.843. The molecule has 102 valence electrons. The highest BCUT2D eigenvalue weighted by Crippen LogP contribution is 2.28. The molecule has 1 heterocycles. The highest BCUT2D eigenvalue weighted by Gasteiger charge is 2.15. The van der Waals surface area contributed by atoms with E-state index in [0.29, 0.717) is 29.8 Å². The predicted octanol–water partition coefficient (Wildman–Crippen LogP) is 2.95. The van der Waals surface area contributed by atoms with Gasteiger partial charge in [-0.15, -0.1) is 0 Å². The van der Waals surface area contributed by atoms with Gasteiger partial charge in [-0.05, 0) is 13.8 Å². The average Bonchev–Trinajstić information content (AvgIpc) is 2.63. The molecule has 0 aliphatic rings. The van der Waals surface area contributed by atoms with Gasteiger partial charge in [0.15, 0.2) is 17.5 Å². The highest BCUT2D eigenvalue weighted by molar-refractivity contribution is 5.71. The zero-order chi connectivity index (χ0) is 14.2. The van der Waals surface area contributed by atoms with Crippen molar-refractivity contribution in [3.63, 3.8) is 0 Å². The van der Waals surface area contributed by atoms with Crippen LogP contribution in [0.15, 0.2) is 12.1 Å². The predicted molar refractivity (Wildman–Crippen MR) is 66.6 cm³/mol. The summed E-state index contributed by atoms with van der Waals surface area (Å²) >= 11 is 0. The Labute approximate surface area is 108 Å². The van der Waals surface area contributed by atoms with Crippen molar-refractivity contribution >= 4 is 17.2 Å². The highest BCUT2D eigenvalue weighted by atomic mass is 19.2. The normalized spacial score (nSPS) is 10.8. The minimum absolute atomic E-state index is 0.194. The number of nitrogens with zero attached hydrogens (tertiary/aromatic N) is 2. The van der Waals surface area contributed by atoms with Gasteiger partial charge in [-0.3, -0.25) is 0 Å². The lowest BCUT2D eigenvalue weighted by Crippen LogP contribution is -2.06. The van der Waals surface area contributed by atoms with E-state index in [2.05, 4.69) is 10.4 Å². The van der Waals surface area contributed by atoms with Crippen molar-refractivity contribution in [1.29, 1.82) is 0 Å². The molecule has 7 heteroatoms. The maximum atomic E-state index is 13.6. The molecule has 2 aromatic rings. The fourth-order valence-corrected chi connectivity index (χ4v) is 1.70. The standard InChI is InChI=1S/C12H13F3N4/c1-3-19-12(11(16)6(2)18-19)17-10-5-8(14)7(13)4-9(10)15/h4-5,17H,3,16H2,1-2H3. The van der Waals surface area contributed by atoms with E-state index in [1.54, 1.807) is 6.92 Å². The maximum Gasteiger partial charge on any atom is 0.161 e. The van der Waals surface area contributed by atoms with Crippen LogP contribution in [0.5, 0.6) is 0 Å². The first-order valence-corrected chi connectivity index (χ1v) is 5.68. The number of nitrogens with one attached hydrogen (secondary N) is 1. The van der Waals surface area contributed by atoms with Gasteiger partial charge in [0.2, 0.25) is 0 Å². The van der Waals surface area contributed by atoms with Gasteiger partial charge in [-0.1, -0.05) is 0 Å². The molecule has 0 aliphatic carbocycles. The molecule has 3 N–H and O–H groups in total. The van der Waals surface area contributed by atoms with Crippen LogP contribution in [0.1, 0.15) is 12.6 Å². The number of nitrogens with two attached hydrogens (primary N) is 1. The van der Waals surface area contributed by atoms with E-state index in [1.165, 1.54) is 4.68 Å². The van der Waals surface area contributed by atoms with E-state index in [0.717, 1.165) is 6.07 Å². The molecule has 0 atom stereocenters. The Morgan fingerprint density at radius 2 is 1.84 bits per heavy atom. The van der Waals surface area contributed by atoms with Crippen molar-refractivity contribution in [3.8, 4) is 0 Å². The monoisotopic (exact) mass is 270 g/mol. The smallest absolute Gasteiger partial charge is 0.161 e.